The first kappa shape index (κ1) is 13.6. The highest BCUT2D eigenvalue weighted by atomic mass is 19.4. The van der Waals surface area contributed by atoms with Crippen LogP contribution in [0.5, 0.6) is 0 Å². The Morgan fingerprint density at radius 2 is 2.05 bits per heavy atom. The number of hydrogen-bond donors (Lipinski definition) is 0. The van der Waals surface area contributed by atoms with E-state index >= 15 is 0 Å². The zero-order valence-corrected chi connectivity index (χ0v) is 11.0. The van der Waals surface area contributed by atoms with E-state index in [-0.39, 0.29) is 5.92 Å². The fourth-order valence-corrected chi connectivity index (χ4v) is 3.36. The SMILES string of the molecule is O=C1CC[C@H]2CN(Cc3cccc(C(F)(F)F)c3)C[C@@H]12. The maximum Gasteiger partial charge on any atom is 0.416 e. The lowest BCUT2D eigenvalue weighted by molar-refractivity contribution is -0.137. The molecular formula is C15H16F3NO. The summed E-state index contributed by atoms with van der Waals surface area (Å²) in [4.78, 5) is 13.8. The number of halogens is 3. The lowest BCUT2D eigenvalue weighted by Crippen LogP contribution is -2.23. The summed E-state index contributed by atoms with van der Waals surface area (Å²) in [6, 6.07) is 5.45. The van der Waals surface area contributed by atoms with E-state index in [2.05, 4.69) is 4.90 Å². The number of hydrogen-bond acceptors (Lipinski definition) is 2. The zero-order valence-electron chi connectivity index (χ0n) is 11.0. The smallest absolute Gasteiger partial charge is 0.299 e. The predicted molar refractivity (Wildman–Crippen MR) is 67.9 cm³/mol. The molecule has 0 radical (unpaired) electrons. The third-order valence-electron chi connectivity index (χ3n) is 4.35. The van der Waals surface area contributed by atoms with Crippen molar-refractivity contribution in [3.8, 4) is 0 Å². The second-order valence-electron chi connectivity index (χ2n) is 5.76. The van der Waals surface area contributed by atoms with E-state index in [1.807, 2.05) is 0 Å². The van der Waals surface area contributed by atoms with Crippen molar-refractivity contribution in [3.05, 3.63) is 35.4 Å². The average molecular weight is 283 g/mol. The van der Waals surface area contributed by atoms with Crippen molar-refractivity contribution in [1.29, 1.82) is 0 Å². The maximum absolute atomic E-state index is 12.7. The van der Waals surface area contributed by atoms with Crippen LogP contribution in [0.3, 0.4) is 0 Å². The van der Waals surface area contributed by atoms with Gasteiger partial charge in [0.25, 0.3) is 0 Å². The Bertz CT molecular complexity index is 526. The Balaban J connectivity index is 1.69. The number of ketones is 1. The van der Waals surface area contributed by atoms with Gasteiger partial charge in [-0.05, 0) is 24.0 Å². The van der Waals surface area contributed by atoms with Crippen molar-refractivity contribution >= 4 is 5.78 Å². The van der Waals surface area contributed by atoms with Crippen LogP contribution in [0.25, 0.3) is 0 Å². The molecule has 3 rings (SSSR count). The van der Waals surface area contributed by atoms with Crippen LogP contribution in [0, 0.1) is 11.8 Å². The van der Waals surface area contributed by atoms with Gasteiger partial charge in [0, 0.05) is 32.0 Å². The molecule has 5 heteroatoms. The van der Waals surface area contributed by atoms with Gasteiger partial charge in [0.2, 0.25) is 0 Å². The van der Waals surface area contributed by atoms with E-state index < -0.39 is 11.7 Å². The van der Waals surface area contributed by atoms with Crippen molar-refractivity contribution in [3.63, 3.8) is 0 Å². The van der Waals surface area contributed by atoms with E-state index in [0.717, 1.165) is 19.0 Å². The zero-order chi connectivity index (χ0) is 14.3. The Hall–Kier alpha value is -1.36. The number of rotatable bonds is 2. The van der Waals surface area contributed by atoms with Crippen LogP contribution in [-0.4, -0.2) is 23.8 Å². The average Bonchev–Trinajstić information content (AvgIpc) is 2.91. The molecule has 2 nitrogen and oxygen atoms in total. The Labute approximate surface area is 115 Å². The summed E-state index contributed by atoms with van der Waals surface area (Å²) in [5, 5.41) is 0. The fourth-order valence-electron chi connectivity index (χ4n) is 3.36. The minimum absolute atomic E-state index is 0.112. The van der Waals surface area contributed by atoms with Gasteiger partial charge in [-0.1, -0.05) is 18.2 Å². The summed E-state index contributed by atoms with van der Waals surface area (Å²) < 4.78 is 38.0. The van der Waals surface area contributed by atoms with E-state index in [9.17, 15) is 18.0 Å². The fraction of sp³-hybridized carbons (Fsp3) is 0.533. The van der Waals surface area contributed by atoms with Gasteiger partial charge < -0.3 is 0 Å². The van der Waals surface area contributed by atoms with Crippen molar-refractivity contribution in [2.24, 2.45) is 11.8 Å². The van der Waals surface area contributed by atoms with Crippen LogP contribution >= 0.6 is 0 Å². The first-order valence-corrected chi connectivity index (χ1v) is 6.84. The first-order chi connectivity index (χ1) is 9.43. The highest BCUT2D eigenvalue weighted by Crippen LogP contribution is 2.36. The van der Waals surface area contributed by atoms with Crippen molar-refractivity contribution in [1.82, 2.24) is 4.90 Å². The monoisotopic (exact) mass is 283 g/mol. The van der Waals surface area contributed by atoms with Gasteiger partial charge in [0.1, 0.15) is 5.78 Å². The summed E-state index contributed by atoms with van der Waals surface area (Å²) in [7, 11) is 0. The molecule has 2 aliphatic rings. The number of benzene rings is 1. The molecular weight excluding hydrogens is 267 g/mol. The molecule has 1 aromatic carbocycles. The van der Waals surface area contributed by atoms with Crippen LogP contribution in [-0.2, 0) is 17.5 Å². The second-order valence-corrected chi connectivity index (χ2v) is 5.76. The molecule has 0 amide bonds. The molecule has 1 aliphatic heterocycles. The lowest BCUT2D eigenvalue weighted by Gasteiger charge is -2.17. The van der Waals surface area contributed by atoms with Gasteiger partial charge in [-0.25, -0.2) is 0 Å². The summed E-state index contributed by atoms with van der Waals surface area (Å²) >= 11 is 0. The Morgan fingerprint density at radius 1 is 1.25 bits per heavy atom. The van der Waals surface area contributed by atoms with Gasteiger partial charge in [-0.15, -0.1) is 0 Å². The van der Waals surface area contributed by atoms with E-state index in [0.29, 0.717) is 36.8 Å². The van der Waals surface area contributed by atoms with Crippen LogP contribution in [0.1, 0.15) is 24.0 Å². The number of nitrogens with zero attached hydrogens (tertiary/aromatic N) is 1. The molecule has 108 valence electrons. The van der Waals surface area contributed by atoms with Gasteiger partial charge in [-0.2, -0.15) is 13.2 Å². The van der Waals surface area contributed by atoms with E-state index in [1.54, 1.807) is 6.07 Å². The highest BCUT2D eigenvalue weighted by Gasteiger charge is 2.41. The molecule has 1 heterocycles. The molecule has 2 fully saturated rings. The molecule has 2 atom stereocenters. The first-order valence-electron chi connectivity index (χ1n) is 6.84. The summed E-state index contributed by atoms with van der Waals surface area (Å²) in [6.45, 7) is 2.01. The molecule has 1 saturated heterocycles. The van der Waals surface area contributed by atoms with Crippen LogP contribution in [0.4, 0.5) is 13.2 Å². The quantitative estimate of drug-likeness (QED) is 0.831. The largest absolute Gasteiger partial charge is 0.416 e. The Kier molecular flexibility index (Phi) is 3.32. The standard InChI is InChI=1S/C15H16F3NO/c16-15(17,18)12-3-1-2-10(6-12)7-19-8-11-4-5-14(20)13(11)9-19/h1-3,6,11,13H,4-5,7-9H2/t11-,13+/m0/s1. The summed E-state index contributed by atoms with van der Waals surface area (Å²) in [5.74, 6) is 0.843. The van der Waals surface area contributed by atoms with Crippen LogP contribution < -0.4 is 0 Å². The van der Waals surface area contributed by atoms with Crippen molar-refractivity contribution in [2.45, 2.75) is 25.6 Å². The minimum atomic E-state index is -4.30. The molecule has 1 aromatic rings. The number of carbonyl (C=O) groups excluding carboxylic acids is 1. The highest BCUT2D eigenvalue weighted by molar-refractivity contribution is 5.84. The molecule has 0 N–H and O–H groups in total. The van der Waals surface area contributed by atoms with E-state index in [1.165, 1.54) is 12.1 Å². The third kappa shape index (κ3) is 2.59. The lowest BCUT2D eigenvalue weighted by atomic mass is 10.0. The van der Waals surface area contributed by atoms with Gasteiger partial charge in [0.15, 0.2) is 0 Å². The van der Waals surface area contributed by atoms with Crippen molar-refractivity contribution in [2.75, 3.05) is 13.1 Å². The molecule has 20 heavy (non-hydrogen) atoms. The molecule has 0 spiro atoms. The topological polar surface area (TPSA) is 20.3 Å². The molecule has 1 saturated carbocycles. The maximum atomic E-state index is 12.7. The molecule has 0 aromatic heterocycles. The number of carbonyl (C=O) groups is 1. The number of alkyl halides is 3. The normalized spacial score (nSPS) is 27.1. The van der Waals surface area contributed by atoms with Crippen molar-refractivity contribution < 1.29 is 18.0 Å². The van der Waals surface area contributed by atoms with Gasteiger partial charge in [0.05, 0.1) is 5.56 Å². The van der Waals surface area contributed by atoms with Crippen LogP contribution in [0.15, 0.2) is 24.3 Å². The minimum Gasteiger partial charge on any atom is -0.299 e. The summed E-state index contributed by atoms with van der Waals surface area (Å²) in [6.07, 6.45) is -2.69. The number of Topliss-reactive ketones (excluding diaryl/α,β-unsaturated/α-hetero) is 1. The van der Waals surface area contributed by atoms with Crippen LogP contribution in [0.2, 0.25) is 0 Å². The Morgan fingerprint density at radius 3 is 2.75 bits per heavy atom. The van der Waals surface area contributed by atoms with E-state index in [4.69, 9.17) is 0 Å². The van der Waals surface area contributed by atoms with Gasteiger partial charge in [-0.3, -0.25) is 9.69 Å². The predicted octanol–water partition coefficient (Wildman–Crippen LogP) is 3.12. The molecule has 0 bridgehead atoms. The molecule has 1 aliphatic carbocycles. The molecule has 0 unspecified atom stereocenters. The number of likely N-dealkylation sites (tertiary alicyclic amines) is 1. The van der Waals surface area contributed by atoms with Gasteiger partial charge >= 0.3 is 6.18 Å². The number of fused-ring (bicyclic) bond motifs is 1. The second kappa shape index (κ2) is 4.88. The summed E-state index contributed by atoms with van der Waals surface area (Å²) in [5.41, 5.74) is 0.0534. The third-order valence-corrected chi connectivity index (χ3v) is 4.35.